The number of aromatic nitrogens is 4. The van der Waals surface area contributed by atoms with Gasteiger partial charge in [0.1, 0.15) is 0 Å². The van der Waals surface area contributed by atoms with Crippen LogP contribution in [0.1, 0.15) is 17.1 Å². The van der Waals surface area contributed by atoms with Crippen molar-refractivity contribution in [3.8, 4) is 6.07 Å². The predicted molar refractivity (Wildman–Crippen MR) is 52.7 cm³/mol. The zero-order chi connectivity index (χ0) is 13.5. The van der Waals surface area contributed by atoms with Crippen molar-refractivity contribution < 1.29 is 13.2 Å². The number of aryl methyl sites for hydroxylation is 1. The first-order chi connectivity index (χ1) is 8.34. The molecule has 0 saturated heterocycles. The molecule has 0 atom stereocenters. The molecule has 0 bridgehead atoms. The average Bonchev–Trinajstić information content (AvgIpc) is 2.67. The van der Waals surface area contributed by atoms with Crippen LogP contribution in [0.4, 0.5) is 13.2 Å². The van der Waals surface area contributed by atoms with Gasteiger partial charge < -0.3 is 0 Å². The fraction of sp³-hybridized carbons (Fsp3) is 0.333. The Hall–Kier alpha value is -2.37. The average molecular weight is 257 g/mol. The third-order valence-electron chi connectivity index (χ3n) is 2.32. The molecule has 0 amide bonds. The third-order valence-corrected chi connectivity index (χ3v) is 2.32. The molecule has 0 unspecified atom stereocenters. The zero-order valence-corrected chi connectivity index (χ0v) is 9.04. The van der Waals surface area contributed by atoms with Gasteiger partial charge in [0.25, 0.3) is 11.3 Å². The molecule has 0 aliphatic rings. The summed E-state index contributed by atoms with van der Waals surface area (Å²) in [5.74, 6) is -1.67. The minimum atomic E-state index is -4.69. The number of nitrogens with one attached hydrogen (secondary N) is 1. The van der Waals surface area contributed by atoms with Crippen LogP contribution in [-0.4, -0.2) is 19.6 Å². The van der Waals surface area contributed by atoms with Gasteiger partial charge in [0.2, 0.25) is 5.82 Å². The lowest BCUT2D eigenvalue weighted by Gasteiger charge is -1.99. The predicted octanol–water partition coefficient (Wildman–Crippen LogP) is 0.811. The van der Waals surface area contributed by atoms with Crippen LogP contribution in [0, 0.1) is 18.3 Å². The van der Waals surface area contributed by atoms with Gasteiger partial charge in [-0.25, -0.2) is 4.98 Å². The Morgan fingerprint density at radius 2 is 2.11 bits per heavy atom. The lowest BCUT2D eigenvalue weighted by atomic mass is 10.2. The third kappa shape index (κ3) is 1.81. The maximum atomic E-state index is 12.4. The van der Waals surface area contributed by atoms with E-state index in [1.165, 1.54) is 6.92 Å². The summed E-state index contributed by atoms with van der Waals surface area (Å²) in [7, 11) is 0. The summed E-state index contributed by atoms with van der Waals surface area (Å²) >= 11 is 0. The van der Waals surface area contributed by atoms with Gasteiger partial charge in [0.15, 0.2) is 0 Å². The molecule has 0 fully saturated rings. The lowest BCUT2D eigenvalue weighted by molar-refractivity contribution is -0.144. The molecular formula is C9H6F3N5O. The molecule has 2 aromatic rings. The number of hydrogen-bond donors (Lipinski definition) is 1. The first-order valence-electron chi connectivity index (χ1n) is 4.77. The van der Waals surface area contributed by atoms with Crippen LogP contribution in [0.5, 0.6) is 0 Å². The van der Waals surface area contributed by atoms with Crippen molar-refractivity contribution >= 4 is 5.78 Å². The van der Waals surface area contributed by atoms with Crippen molar-refractivity contribution in [3.05, 3.63) is 27.4 Å². The normalized spacial score (nSPS) is 11.7. The number of fused-ring (bicyclic) bond motifs is 1. The number of aromatic amines is 1. The minimum absolute atomic E-state index is 0.0485. The SMILES string of the molecule is Cc1nc2nc(C(F)(F)F)[nH]n2c(=O)c1CC#N. The van der Waals surface area contributed by atoms with E-state index in [0.29, 0.717) is 4.52 Å². The Morgan fingerprint density at radius 1 is 1.44 bits per heavy atom. The minimum Gasteiger partial charge on any atom is -0.267 e. The molecular weight excluding hydrogens is 251 g/mol. The van der Waals surface area contributed by atoms with Crippen molar-refractivity contribution in [3.63, 3.8) is 0 Å². The van der Waals surface area contributed by atoms with Crippen LogP contribution < -0.4 is 5.56 Å². The van der Waals surface area contributed by atoms with E-state index in [2.05, 4.69) is 9.97 Å². The highest BCUT2D eigenvalue weighted by atomic mass is 19.4. The van der Waals surface area contributed by atoms with Crippen LogP contribution in [-0.2, 0) is 12.6 Å². The van der Waals surface area contributed by atoms with Gasteiger partial charge in [0.05, 0.1) is 23.7 Å². The lowest BCUT2D eigenvalue weighted by Crippen LogP contribution is -2.22. The Labute approximate surface area is 97.7 Å². The second-order valence-electron chi connectivity index (χ2n) is 3.52. The van der Waals surface area contributed by atoms with Gasteiger partial charge in [-0.2, -0.15) is 27.9 Å². The van der Waals surface area contributed by atoms with Gasteiger partial charge in [0, 0.05) is 0 Å². The van der Waals surface area contributed by atoms with Gasteiger partial charge in [-0.05, 0) is 6.92 Å². The monoisotopic (exact) mass is 257 g/mol. The van der Waals surface area contributed by atoms with E-state index < -0.39 is 17.6 Å². The van der Waals surface area contributed by atoms with Crippen LogP contribution in [0.25, 0.3) is 5.78 Å². The van der Waals surface area contributed by atoms with Gasteiger partial charge in [-0.3, -0.25) is 9.89 Å². The molecule has 2 rings (SSSR count). The molecule has 1 N–H and O–H groups in total. The molecule has 94 valence electrons. The van der Waals surface area contributed by atoms with E-state index in [1.807, 2.05) is 5.10 Å². The summed E-state index contributed by atoms with van der Waals surface area (Å²) in [6.45, 7) is 1.44. The van der Waals surface area contributed by atoms with Crippen LogP contribution in [0.2, 0.25) is 0 Å². The number of H-pyrrole nitrogens is 1. The van der Waals surface area contributed by atoms with Crippen molar-refractivity contribution in [2.45, 2.75) is 19.5 Å². The van der Waals surface area contributed by atoms with Crippen LogP contribution in [0.15, 0.2) is 4.79 Å². The number of nitrogens with zero attached hydrogens (tertiary/aromatic N) is 4. The molecule has 0 spiro atoms. The number of rotatable bonds is 1. The first kappa shape index (κ1) is 12.1. The standard InChI is InChI=1S/C9H6F3N5O/c1-4-5(2-3-13)6(18)17-8(14-4)15-7(16-17)9(10,11)12/h2H2,1H3,(H,14,15,16). The largest absolute Gasteiger partial charge is 0.451 e. The fourth-order valence-electron chi connectivity index (χ4n) is 1.46. The Bertz CT molecular complexity index is 706. The molecule has 0 radical (unpaired) electrons. The van der Waals surface area contributed by atoms with Gasteiger partial charge in [-0.1, -0.05) is 0 Å². The summed E-state index contributed by atoms with van der Waals surface area (Å²) in [5.41, 5.74) is -0.504. The summed E-state index contributed by atoms with van der Waals surface area (Å²) in [6, 6.07) is 1.76. The second-order valence-corrected chi connectivity index (χ2v) is 3.52. The first-order valence-corrected chi connectivity index (χ1v) is 4.77. The zero-order valence-electron chi connectivity index (χ0n) is 9.04. The highest BCUT2D eigenvalue weighted by molar-refractivity contribution is 5.33. The van der Waals surface area contributed by atoms with E-state index in [0.717, 1.165) is 0 Å². The summed E-state index contributed by atoms with van der Waals surface area (Å²) in [4.78, 5) is 18.8. The van der Waals surface area contributed by atoms with Gasteiger partial charge in [-0.15, -0.1) is 0 Å². The van der Waals surface area contributed by atoms with Crippen molar-refractivity contribution in [2.24, 2.45) is 0 Å². The molecule has 0 aliphatic heterocycles. The second kappa shape index (κ2) is 3.83. The number of halogens is 3. The molecule has 2 aromatic heterocycles. The number of alkyl halides is 3. The highest BCUT2D eigenvalue weighted by Crippen LogP contribution is 2.25. The van der Waals surface area contributed by atoms with E-state index >= 15 is 0 Å². The Kier molecular flexibility index (Phi) is 2.58. The van der Waals surface area contributed by atoms with Gasteiger partial charge >= 0.3 is 6.18 Å². The van der Waals surface area contributed by atoms with Crippen molar-refractivity contribution in [1.82, 2.24) is 19.6 Å². The number of nitriles is 1. The maximum Gasteiger partial charge on any atom is 0.451 e. The molecule has 18 heavy (non-hydrogen) atoms. The molecule has 0 saturated carbocycles. The smallest absolute Gasteiger partial charge is 0.267 e. The maximum absolute atomic E-state index is 12.4. The van der Waals surface area contributed by atoms with E-state index in [4.69, 9.17) is 5.26 Å². The van der Waals surface area contributed by atoms with E-state index in [-0.39, 0.29) is 23.5 Å². The topological polar surface area (TPSA) is 86.8 Å². The fourth-order valence-corrected chi connectivity index (χ4v) is 1.46. The number of hydrogen-bond acceptors (Lipinski definition) is 4. The van der Waals surface area contributed by atoms with Crippen LogP contribution in [0.3, 0.4) is 0 Å². The van der Waals surface area contributed by atoms with E-state index in [1.54, 1.807) is 6.07 Å². The quantitative estimate of drug-likeness (QED) is 0.818. The molecule has 9 heteroatoms. The highest BCUT2D eigenvalue weighted by Gasteiger charge is 2.35. The molecule has 0 aromatic carbocycles. The Balaban J connectivity index is 2.76. The summed E-state index contributed by atoms with van der Waals surface area (Å²) in [6.07, 6.45) is -4.91. The van der Waals surface area contributed by atoms with Crippen molar-refractivity contribution in [1.29, 1.82) is 5.26 Å². The van der Waals surface area contributed by atoms with E-state index in [9.17, 15) is 18.0 Å². The molecule has 2 heterocycles. The Morgan fingerprint density at radius 3 is 2.67 bits per heavy atom. The molecule has 6 nitrogen and oxygen atoms in total. The summed E-state index contributed by atoms with van der Waals surface area (Å²) < 4.78 is 37.8. The summed E-state index contributed by atoms with van der Waals surface area (Å²) in [5, 5.41) is 10.4. The van der Waals surface area contributed by atoms with Crippen LogP contribution >= 0.6 is 0 Å². The molecule has 0 aliphatic carbocycles. The van der Waals surface area contributed by atoms with Crippen molar-refractivity contribution in [2.75, 3.05) is 0 Å².